The second kappa shape index (κ2) is 8.79. The van der Waals surface area contributed by atoms with Gasteiger partial charge in [-0.2, -0.15) is 0 Å². The van der Waals surface area contributed by atoms with Gasteiger partial charge in [-0.3, -0.25) is 9.69 Å². The number of amides is 1. The second-order valence-electron chi connectivity index (χ2n) is 6.86. The quantitative estimate of drug-likeness (QED) is 0.739. The average molecular weight is 337 g/mol. The van der Waals surface area contributed by atoms with E-state index in [4.69, 9.17) is 5.73 Å². The molecule has 0 heterocycles. The Morgan fingerprint density at radius 3 is 1.96 bits per heavy atom. The van der Waals surface area contributed by atoms with Crippen LogP contribution in [0.4, 0.5) is 0 Å². The lowest BCUT2D eigenvalue weighted by molar-refractivity contribution is -0.123. The maximum absolute atomic E-state index is 12.5. The summed E-state index contributed by atoms with van der Waals surface area (Å²) in [5, 5.41) is 3.13. The van der Waals surface area contributed by atoms with Gasteiger partial charge in [0.05, 0.1) is 6.54 Å². The molecule has 4 heteroatoms. The summed E-state index contributed by atoms with van der Waals surface area (Å²) in [6.45, 7) is 2.40. The molecule has 0 aliphatic heterocycles. The number of carbonyl (C=O) groups excluding carboxylic acids is 1. The Morgan fingerprint density at radius 2 is 1.52 bits per heavy atom. The third-order valence-corrected chi connectivity index (χ3v) is 4.66. The van der Waals surface area contributed by atoms with Crippen LogP contribution in [0, 0.1) is 5.92 Å². The van der Waals surface area contributed by atoms with E-state index in [1.54, 1.807) is 0 Å². The first kappa shape index (κ1) is 17.6. The van der Waals surface area contributed by atoms with Gasteiger partial charge >= 0.3 is 0 Å². The zero-order valence-electron chi connectivity index (χ0n) is 14.6. The molecule has 1 fully saturated rings. The molecular formula is C21H27N3O. The van der Waals surface area contributed by atoms with Gasteiger partial charge in [-0.1, -0.05) is 60.7 Å². The molecule has 1 unspecified atom stereocenters. The largest absolute Gasteiger partial charge is 0.351 e. The zero-order valence-corrected chi connectivity index (χ0v) is 14.6. The van der Waals surface area contributed by atoms with Crippen molar-refractivity contribution in [2.45, 2.75) is 32.0 Å². The first-order valence-corrected chi connectivity index (χ1v) is 9.04. The minimum absolute atomic E-state index is 0.0641. The summed E-state index contributed by atoms with van der Waals surface area (Å²) in [7, 11) is 0. The predicted molar refractivity (Wildman–Crippen MR) is 101 cm³/mol. The molecule has 3 rings (SSSR count). The molecule has 2 aromatic rings. The van der Waals surface area contributed by atoms with E-state index in [0.29, 0.717) is 19.0 Å². The van der Waals surface area contributed by atoms with Gasteiger partial charge in [0.2, 0.25) is 5.91 Å². The normalized spacial score (nSPS) is 15.1. The molecule has 1 aliphatic carbocycles. The summed E-state index contributed by atoms with van der Waals surface area (Å²) in [6, 6.07) is 20.7. The topological polar surface area (TPSA) is 58.4 Å². The van der Waals surface area contributed by atoms with E-state index >= 15 is 0 Å². The van der Waals surface area contributed by atoms with Crippen LogP contribution in [-0.2, 0) is 17.9 Å². The van der Waals surface area contributed by atoms with Gasteiger partial charge in [-0.25, -0.2) is 0 Å². The molecule has 3 N–H and O–H groups in total. The van der Waals surface area contributed by atoms with E-state index in [1.807, 2.05) is 36.4 Å². The lowest BCUT2D eigenvalue weighted by Gasteiger charge is -2.24. The van der Waals surface area contributed by atoms with Gasteiger partial charge in [0.25, 0.3) is 0 Å². The van der Waals surface area contributed by atoms with Gasteiger partial charge in [-0.05, 0) is 29.9 Å². The molecule has 0 aromatic heterocycles. The fraction of sp³-hybridized carbons (Fsp3) is 0.381. The number of hydrogen-bond acceptors (Lipinski definition) is 3. The standard InChI is InChI=1S/C21H27N3O/c22-13-20(19-11-12-19)23-21(25)16-24(14-17-7-3-1-4-8-17)15-18-9-5-2-6-10-18/h1-10,19-20H,11-16,22H2,(H,23,25). The van der Waals surface area contributed by atoms with Gasteiger partial charge in [-0.15, -0.1) is 0 Å². The molecule has 25 heavy (non-hydrogen) atoms. The molecule has 0 spiro atoms. The van der Waals surface area contributed by atoms with Gasteiger partial charge in [0.15, 0.2) is 0 Å². The minimum atomic E-state index is 0.0641. The van der Waals surface area contributed by atoms with E-state index in [9.17, 15) is 4.79 Å². The van der Waals surface area contributed by atoms with Crippen molar-refractivity contribution < 1.29 is 4.79 Å². The highest BCUT2D eigenvalue weighted by Gasteiger charge is 2.31. The van der Waals surface area contributed by atoms with Crippen molar-refractivity contribution in [3.8, 4) is 0 Å². The van der Waals surface area contributed by atoms with Gasteiger partial charge < -0.3 is 11.1 Å². The Kier molecular flexibility index (Phi) is 6.20. The Balaban J connectivity index is 1.63. The fourth-order valence-electron chi connectivity index (χ4n) is 3.17. The Bertz CT molecular complexity index is 614. The number of nitrogens with zero attached hydrogens (tertiary/aromatic N) is 1. The van der Waals surface area contributed by atoms with E-state index in [1.165, 1.54) is 24.0 Å². The summed E-state index contributed by atoms with van der Waals surface area (Å²) in [4.78, 5) is 14.7. The third-order valence-electron chi connectivity index (χ3n) is 4.66. The van der Waals surface area contributed by atoms with Crippen molar-refractivity contribution in [1.29, 1.82) is 0 Å². The zero-order chi connectivity index (χ0) is 17.5. The average Bonchev–Trinajstić information content (AvgIpc) is 3.46. The van der Waals surface area contributed by atoms with Crippen LogP contribution < -0.4 is 11.1 Å². The second-order valence-corrected chi connectivity index (χ2v) is 6.86. The van der Waals surface area contributed by atoms with Crippen LogP contribution in [0.1, 0.15) is 24.0 Å². The maximum atomic E-state index is 12.5. The molecule has 0 bridgehead atoms. The van der Waals surface area contributed by atoms with Gasteiger partial charge in [0, 0.05) is 25.7 Å². The smallest absolute Gasteiger partial charge is 0.234 e. The van der Waals surface area contributed by atoms with Gasteiger partial charge in [0.1, 0.15) is 0 Å². The third kappa shape index (κ3) is 5.69. The minimum Gasteiger partial charge on any atom is -0.351 e. The molecule has 1 saturated carbocycles. The lowest BCUT2D eigenvalue weighted by atomic mass is 10.1. The van der Waals surface area contributed by atoms with Crippen LogP contribution in [-0.4, -0.2) is 29.9 Å². The first-order valence-electron chi connectivity index (χ1n) is 9.04. The monoisotopic (exact) mass is 337 g/mol. The highest BCUT2D eigenvalue weighted by molar-refractivity contribution is 5.78. The van der Waals surface area contributed by atoms with Crippen molar-refractivity contribution in [2.24, 2.45) is 11.7 Å². The summed E-state index contributed by atoms with van der Waals surface area (Å²) in [5.74, 6) is 0.639. The maximum Gasteiger partial charge on any atom is 0.234 e. The summed E-state index contributed by atoms with van der Waals surface area (Å²) in [5.41, 5.74) is 8.24. The number of hydrogen-bond donors (Lipinski definition) is 2. The molecular weight excluding hydrogens is 310 g/mol. The van der Waals surface area contributed by atoms with E-state index < -0.39 is 0 Å². The summed E-state index contributed by atoms with van der Waals surface area (Å²) < 4.78 is 0. The Hall–Kier alpha value is -2.17. The number of carbonyl (C=O) groups is 1. The summed E-state index contributed by atoms with van der Waals surface area (Å²) >= 11 is 0. The highest BCUT2D eigenvalue weighted by Crippen LogP contribution is 2.32. The van der Waals surface area contributed by atoms with Crippen molar-refractivity contribution in [1.82, 2.24) is 10.2 Å². The van der Waals surface area contributed by atoms with Crippen molar-refractivity contribution in [3.05, 3.63) is 71.8 Å². The number of benzene rings is 2. The van der Waals surface area contributed by atoms with Crippen LogP contribution in [0.3, 0.4) is 0 Å². The van der Waals surface area contributed by atoms with Crippen LogP contribution in [0.2, 0.25) is 0 Å². The van der Waals surface area contributed by atoms with Crippen LogP contribution in [0.5, 0.6) is 0 Å². The lowest BCUT2D eigenvalue weighted by Crippen LogP contribution is -2.46. The van der Waals surface area contributed by atoms with Crippen molar-refractivity contribution in [3.63, 3.8) is 0 Å². The van der Waals surface area contributed by atoms with Crippen molar-refractivity contribution in [2.75, 3.05) is 13.1 Å². The molecule has 0 radical (unpaired) electrons. The molecule has 1 atom stereocenters. The Morgan fingerprint density at radius 1 is 1.00 bits per heavy atom. The van der Waals surface area contributed by atoms with E-state index in [-0.39, 0.29) is 11.9 Å². The molecule has 0 saturated heterocycles. The molecule has 4 nitrogen and oxygen atoms in total. The fourth-order valence-corrected chi connectivity index (χ4v) is 3.17. The highest BCUT2D eigenvalue weighted by atomic mass is 16.2. The van der Waals surface area contributed by atoms with Crippen LogP contribution in [0.15, 0.2) is 60.7 Å². The van der Waals surface area contributed by atoms with E-state index in [0.717, 1.165) is 13.1 Å². The molecule has 2 aromatic carbocycles. The summed E-state index contributed by atoms with van der Waals surface area (Å²) in [6.07, 6.45) is 2.36. The number of nitrogens with one attached hydrogen (secondary N) is 1. The Labute approximate surface area is 150 Å². The van der Waals surface area contributed by atoms with Crippen LogP contribution in [0.25, 0.3) is 0 Å². The van der Waals surface area contributed by atoms with E-state index in [2.05, 4.69) is 34.5 Å². The SMILES string of the molecule is NCC(NC(=O)CN(Cc1ccccc1)Cc1ccccc1)C1CC1. The molecule has 1 aliphatic rings. The number of nitrogens with two attached hydrogens (primary N) is 1. The first-order chi connectivity index (χ1) is 12.2. The molecule has 132 valence electrons. The van der Waals surface area contributed by atoms with Crippen molar-refractivity contribution >= 4 is 5.91 Å². The van der Waals surface area contributed by atoms with Crippen LogP contribution >= 0.6 is 0 Å². The number of rotatable bonds is 9. The molecule has 1 amide bonds. The predicted octanol–water partition coefficient (Wildman–Crippen LogP) is 2.54.